The van der Waals surface area contributed by atoms with Crippen LogP contribution in [0.25, 0.3) is 0 Å². The highest BCUT2D eigenvalue weighted by Gasteiger charge is 2.22. The van der Waals surface area contributed by atoms with Gasteiger partial charge in [0.05, 0.1) is 0 Å². The topological polar surface area (TPSA) is 24.8 Å². The molecule has 0 spiro atoms. The molecule has 0 radical (unpaired) electrons. The van der Waals surface area contributed by atoms with Gasteiger partial charge in [-0.15, -0.1) is 0 Å². The molecule has 5 heteroatoms. The van der Waals surface area contributed by atoms with E-state index in [9.17, 15) is 4.39 Å². The molecule has 0 saturated heterocycles. The van der Waals surface area contributed by atoms with Crippen LogP contribution in [0.4, 0.5) is 4.39 Å². The summed E-state index contributed by atoms with van der Waals surface area (Å²) >= 11 is 4.00. The van der Waals surface area contributed by atoms with Gasteiger partial charge in [0.25, 0.3) is 0 Å². The van der Waals surface area contributed by atoms with E-state index in [2.05, 4.69) is 17.8 Å². The summed E-state index contributed by atoms with van der Waals surface area (Å²) in [7, 11) is 0. The van der Waals surface area contributed by atoms with Crippen LogP contribution in [0.1, 0.15) is 11.7 Å². The van der Waals surface area contributed by atoms with Gasteiger partial charge in [-0.3, -0.25) is 0 Å². The number of halogens is 1. The van der Waals surface area contributed by atoms with Crippen molar-refractivity contribution in [1.29, 1.82) is 0 Å². The minimum atomic E-state index is -0.362. The average Bonchev–Trinajstić information content (AvgIpc) is 2.51. The summed E-state index contributed by atoms with van der Waals surface area (Å²) in [5.41, 5.74) is 0.712. The van der Waals surface area contributed by atoms with Crippen molar-refractivity contribution in [3.8, 4) is 0 Å². The SMILES string of the molecule is Fc1cccc(C2N=CON2S)c1. The molecule has 0 bridgehead atoms. The molecule has 0 fully saturated rings. The first-order chi connectivity index (χ1) is 6.27. The zero-order valence-electron chi connectivity index (χ0n) is 6.59. The number of hydrogen-bond donors (Lipinski definition) is 1. The summed E-state index contributed by atoms with van der Waals surface area (Å²) in [5, 5.41) is 0. The predicted molar refractivity (Wildman–Crippen MR) is 49.5 cm³/mol. The fraction of sp³-hybridized carbons (Fsp3) is 0.125. The molecule has 1 unspecified atom stereocenters. The van der Waals surface area contributed by atoms with Crippen LogP contribution in [0.3, 0.4) is 0 Å². The molecule has 3 nitrogen and oxygen atoms in total. The van der Waals surface area contributed by atoms with E-state index in [0.29, 0.717) is 5.56 Å². The Hall–Kier alpha value is -1.07. The predicted octanol–water partition coefficient (Wildman–Crippen LogP) is 1.94. The summed E-state index contributed by atoms with van der Waals surface area (Å²) in [6, 6.07) is 6.18. The van der Waals surface area contributed by atoms with E-state index in [1.54, 1.807) is 12.1 Å². The molecule has 1 atom stereocenters. The third kappa shape index (κ3) is 1.66. The van der Waals surface area contributed by atoms with E-state index in [1.807, 2.05) is 0 Å². The van der Waals surface area contributed by atoms with Crippen molar-refractivity contribution in [3.63, 3.8) is 0 Å². The number of nitrogens with zero attached hydrogens (tertiary/aromatic N) is 2. The highest BCUT2D eigenvalue weighted by atomic mass is 32.1. The van der Waals surface area contributed by atoms with Crippen molar-refractivity contribution in [2.75, 3.05) is 0 Å². The number of benzene rings is 1. The van der Waals surface area contributed by atoms with Gasteiger partial charge >= 0.3 is 0 Å². The maximum absolute atomic E-state index is 12.8. The van der Waals surface area contributed by atoms with E-state index >= 15 is 0 Å². The number of hydroxylamine groups is 1. The summed E-state index contributed by atoms with van der Waals surface area (Å²) in [4.78, 5) is 8.81. The smallest absolute Gasteiger partial charge is 0.200 e. The molecule has 0 N–H and O–H groups in total. The first kappa shape index (κ1) is 8.52. The Balaban J connectivity index is 2.29. The highest BCUT2D eigenvalue weighted by Crippen LogP contribution is 2.27. The van der Waals surface area contributed by atoms with Crippen LogP contribution in [0.2, 0.25) is 0 Å². The lowest BCUT2D eigenvalue weighted by Gasteiger charge is -2.13. The number of aliphatic imine (C=N–C) groups is 1. The molecule has 13 heavy (non-hydrogen) atoms. The lowest BCUT2D eigenvalue weighted by molar-refractivity contribution is 0.0351. The molecule has 1 aromatic carbocycles. The molecular formula is C8H7FN2OS. The van der Waals surface area contributed by atoms with Crippen LogP contribution in [0.5, 0.6) is 0 Å². The van der Waals surface area contributed by atoms with E-state index in [1.165, 1.54) is 23.0 Å². The van der Waals surface area contributed by atoms with Crippen LogP contribution in [-0.4, -0.2) is 10.9 Å². The van der Waals surface area contributed by atoms with Gasteiger partial charge in [0.15, 0.2) is 12.6 Å². The molecule has 1 heterocycles. The van der Waals surface area contributed by atoms with Gasteiger partial charge in [0, 0.05) is 0 Å². The van der Waals surface area contributed by atoms with Crippen molar-refractivity contribution >= 4 is 19.2 Å². The highest BCUT2D eigenvalue weighted by molar-refractivity contribution is 7.77. The Bertz CT molecular complexity index is 345. The van der Waals surface area contributed by atoms with Crippen molar-refractivity contribution in [2.45, 2.75) is 6.17 Å². The van der Waals surface area contributed by atoms with Crippen LogP contribution in [-0.2, 0) is 4.84 Å². The van der Waals surface area contributed by atoms with Gasteiger partial charge in [0.2, 0.25) is 0 Å². The van der Waals surface area contributed by atoms with Crippen LogP contribution >= 0.6 is 12.8 Å². The van der Waals surface area contributed by atoms with E-state index in [4.69, 9.17) is 4.84 Å². The third-order valence-electron chi connectivity index (χ3n) is 1.71. The fourth-order valence-electron chi connectivity index (χ4n) is 1.13. The molecule has 1 aliphatic heterocycles. The lowest BCUT2D eigenvalue weighted by atomic mass is 10.2. The quantitative estimate of drug-likeness (QED) is 0.697. The normalized spacial score (nSPS) is 21.8. The second-order valence-electron chi connectivity index (χ2n) is 2.59. The van der Waals surface area contributed by atoms with Crippen LogP contribution in [0, 0.1) is 5.82 Å². The monoisotopic (exact) mass is 198 g/mol. The Morgan fingerprint density at radius 3 is 3.00 bits per heavy atom. The van der Waals surface area contributed by atoms with Crippen LogP contribution < -0.4 is 0 Å². The van der Waals surface area contributed by atoms with Crippen molar-refractivity contribution in [2.24, 2.45) is 4.99 Å². The standard InChI is InChI=1S/C8H7FN2OS/c9-7-3-1-2-6(4-7)8-10-5-12-11(8)13/h1-5,8,13H. The lowest BCUT2D eigenvalue weighted by Crippen LogP contribution is -2.11. The molecule has 68 valence electrons. The number of rotatable bonds is 1. The summed E-state index contributed by atoms with van der Waals surface area (Å²) < 4.78 is 14.1. The van der Waals surface area contributed by atoms with Gasteiger partial charge in [-0.2, -0.15) is 0 Å². The Morgan fingerprint density at radius 1 is 1.54 bits per heavy atom. The number of thiol groups is 1. The molecule has 0 aromatic heterocycles. The fourth-order valence-corrected chi connectivity index (χ4v) is 1.36. The molecule has 1 aliphatic rings. The Morgan fingerprint density at radius 2 is 2.38 bits per heavy atom. The summed E-state index contributed by atoms with van der Waals surface area (Å²) in [6.45, 7) is 0. The van der Waals surface area contributed by atoms with Gasteiger partial charge in [-0.25, -0.2) is 9.38 Å². The van der Waals surface area contributed by atoms with Crippen molar-refractivity contribution < 1.29 is 9.23 Å². The van der Waals surface area contributed by atoms with E-state index < -0.39 is 0 Å². The Kier molecular flexibility index (Phi) is 2.20. The summed E-state index contributed by atoms with van der Waals surface area (Å²) in [6.07, 6.45) is 0.918. The van der Waals surface area contributed by atoms with Crippen molar-refractivity contribution in [1.82, 2.24) is 4.47 Å². The first-order valence-electron chi connectivity index (χ1n) is 3.69. The average molecular weight is 198 g/mol. The maximum atomic E-state index is 12.8. The second kappa shape index (κ2) is 3.35. The molecule has 0 aliphatic carbocycles. The molecular weight excluding hydrogens is 191 g/mol. The van der Waals surface area contributed by atoms with Crippen LogP contribution in [0.15, 0.2) is 29.3 Å². The van der Waals surface area contributed by atoms with Gasteiger partial charge in [-0.05, 0) is 17.7 Å². The van der Waals surface area contributed by atoms with Crippen molar-refractivity contribution in [3.05, 3.63) is 35.6 Å². The van der Waals surface area contributed by atoms with E-state index in [-0.39, 0.29) is 12.0 Å². The third-order valence-corrected chi connectivity index (χ3v) is 2.03. The second-order valence-corrected chi connectivity index (χ2v) is 2.99. The Labute approximate surface area is 80.3 Å². The molecule has 0 saturated carbocycles. The minimum absolute atomic E-state index is 0.290. The van der Waals surface area contributed by atoms with Gasteiger partial charge in [0.1, 0.15) is 5.82 Å². The van der Waals surface area contributed by atoms with Gasteiger partial charge < -0.3 is 4.84 Å². The first-order valence-corrected chi connectivity index (χ1v) is 4.09. The largest absolute Gasteiger partial charge is 0.381 e. The maximum Gasteiger partial charge on any atom is 0.200 e. The van der Waals surface area contributed by atoms with Gasteiger partial charge in [-0.1, -0.05) is 29.4 Å². The zero-order valence-corrected chi connectivity index (χ0v) is 7.49. The zero-order chi connectivity index (χ0) is 9.26. The summed E-state index contributed by atoms with van der Waals surface area (Å²) in [5.74, 6) is -0.290. The molecule has 0 amide bonds. The molecule has 1 aromatic rings. The minimum Gasteiger partial charge on any atom is -0.381 e. The molecule has 2 rings (SSSR count). The number of hydrogen-bond acceptors (Lipinski definition) is 4. The van der Waals surface area contributed by atoms with E-state index in [0.717, 1.165) is 0 Å².